The summed E-state index contributed by atoms with van der Waals surface area (Å²) in [6, 6.07) is 0. The molecule has 0 fully saturated rings. The summed E-state index contributed by atoms with van der Waals surface area (Å²) >= 11 is 0. The summed E-state index contributed by atoms with van der Waals surface area (Å²) in [5, 5.41) is 0. The smallest absolute Gasteiger partial charge is 0.306 e. The molecule has 0 saturated carbocycles. The van der Waals surface area contributed by atoms with Crippen LogP contribution in [0.15, 0.2) is 0 Å². The van der Waals surface area contributed by atoms with E-state index in [0.717, 1.165) is 70.1 Å². The van der Waals surface area contributed by atoms with Crippen molar-refractivity contribution in [2.75, 3.05) is 13.2 Å². The van der Waals surface area contributed by atoms with Crippen molar-refractivity contribution in [2.45, 2.75) is 233 Å². The predicted octanol–water partition coefficient (Wildman–Crippen LogP) is 12.8. The molecule has 0 spiro atoms. The molecule has 48 heavy (non-hydrogen) atoms. The molecule has 0 aromatic carbocycles. The average Bonchev–Trinajstić information content (AvgIpc) is 3.06. The zero-order chi connectivity index (χ0) is 35.3. The summed E-state index contributed by atoms with van der Waals surface area (Å²) in [5.41, 5.74) is 0. The number of ether oxygens (including phenoxy) is 3. The van der Waals surface area contributed by atoms with Crippen LogP contribution in [-0.4, -0.2) is 37.2 Å². The second kappa shape index (κ2) is 36.7. The van der Waals surface area contributed by atoms with Crippen molar-refractivity contribution in [3.05, 3.63) is 0 Å². The van der Waals surface area contributed by atoms with Gasteiger partial charge in [0.25, 0.3) is 0 Å². The molecule has 0 aromatic heterocycles. The third-order valence-electron chi connectivity index (χ3n) is 9.29. The van der Waals surface area contributed by atoms with Gasteiger partial charge in [-0.25, -0.2) is 0 Å². The van der Waals surface area contributed by atoms with Crippen molar-refractivity contribution in [3.8, 4) is 0 Å². The van der Waals surface area contributed by atoms with Crippen LogP contribution < -0.4 is 0 Å². The fraction of sp³-hybridized carbons (Fsp3) is 0.929. The number of rotatable bonds is 37. The van der Waals surface area contributed by atoms with Gasteiger partial charge in [-0.15, -0.1) is 0 Å². The van der Waals surface area contributed by atoms with Gasteiger partial charge in [0.15, 0.2) is 6.10 Å². The predicted molar refractivity (Wildman–Crippen MR) is 201 cm³/mol. The lowest BCUT2D eigenvalue weighted by atomic mass is 10.0. The zero-order valence-corrected chi connectivity index (χ0v) is 32.4. The van der Waals surface area contributed by atoms with Crippen molar-refractivity contribution in [1.82, 2.24) is 0 Å². The van der Waals surface area contributed by atoms with Crippen molar-refractivity contribution in [1.29, 1.82) is 0 Å². The Kier molecular flexibility index (Phi) is 35.5. The number of carbonyl (C=O) groups is 3. The molecule has 0 N–H and O–H groups in total. The summed E-state index contributed by atoms with van der Waals surface area (Å²) in [4.78, 5) is 37.3. The van der Waals surface area contributed by atoms with Crippen LogP contribution in [0.1, 0.15) is 227 Å². The maximum atomic E-state index is 12.5. The van der Waals surface area contributed by atoms with Gasteiger partial charge in [-0.2, -0.15) is 0 Å². The van der Waals surface area contributed by atoms with E-state index in [1.807, 2.05) is 0 Å². The van der Waals surface area contributed by atoms with Gasteiger partial charge in [0, 0.05) is 19.3 Å². The Balaban J connectivity index is 4.18. The molecule has 0 amide bonds. The lowest BCUT2D eigenvalue weighted by Crippen LogP contribution is -2.30. The number of hydrogen-bond acceptors (Lipinski definition) is 6. The molecule has 0 aliphatic rings. The van der Waals surface area contributed by atoms with E-state index >= 15 is 0 Å². The third kappa shape index (κ3) is 35.7. The van der Waals surface area contributed by atoms with E-state index in [2.05, 4.69) is 27.7 Å². The molecule has 0 aromatic rings. The van der Waals surface area contributed by atoms with Gasteiger partial charge in [-0.3, -0.25) is 14.4 Å². The fourth-order valence-corrected chi connectivity index (χ4v) is 6.10. The molecule has 284 valence electrons. The van der Waals surface area contributed by atoms with Crippen LogP contribution in [0, 0.1) is 5.92 Å². The Labute approximate surface area is 298 Å². The van der Waals surface area contributed by atoms with E-state index in [0.29, 0.717) is 19.3 Å². The van der Waals surface area contributed by atoms with E-state index in [9.17, 15) is 14.4 Å². The van der Waals surface area contributed by atoms with Gasteiger partial charge in [-0.05, 0) is 25.2 Å². The monoisotopic (exact) mass is 681 g/mol. The highest BCUT2D eigenvalue weighted by atomic mass is 16.6. The molecular weight excluding hydrogens is 600 g/mol. The molecule has 6 nitrogen and oxygen atoms in total. The molecule has 0 aliphatic carbocycles. The summed E-state index contributed by atoms with van der Waals surface area (Å²) in [5.74, 6) is -0.0790. The number of unbranched alkanes of at least 4 members (excludes halogenated alkanes) is 24. The third-order valence-corrected chi connectivity index (χ3v) is 9.29. The molecule has 6 heteroatoms. The Morgan fingerprint density at radius 3 is 1.02 bits per heavy atom. The van der Waals surface area contributed by atoms with Gasteiger partial charge in [0.2, 0.25) is 0 Å². The topological polar surface area (TPSA) is 78.9 Å². The van der Waals surface area contributed by atoms with E-state index in [1.165, 1.54) is 116 Å². The van der Waals surface area contributed by atoms with Crippen molar-refractivity contribution < 1.29 is 28.6 Å². The first-order valence-electron chi connectivity index (χ1n) is 20.9. The van der Waals surface area contributed by atoms with Crippen LogP contribution in [0.3, 0.4) is 0 Å². The van der Waals surface area contributed by atoms with E-state index in [-0.39, 0.29) is 31.1 Å². The molecule has 0 heterocycles. The van der Waals surface area contributed by atoms with E-state index in [1.54, 1.807) is 0 Å². The minimum Gasteiger partial charge on any atom is -0.462 e. The van der Waals surface area contributed by atoms with Crippen molar-refractivity contribution >= 4 is 17.9 Å². The lowest BCUT2D eigenvalue weighted by Gasteiger charge is -2.18. The molecule has 0 bridgehead atoms. The standard InChI is InChI=1S/C42H80O6/c1-5-7-9-11-12-13-14-15-16-17-18-22-26-29-33-40(43)46-36-39(48-42(45)35-31-24-10-8-6-2)37-47-41(44)34-30-27-23-20-19-21-25-28-32-38(3)4/h38-39H,5-37H2,1-4H3/t39-/m0/s1. The fourth-order valence-electron chi connectivity index (χ4n) is 6.10. The number of hydrogen-bond donors (Lipinski definition) is 0. The lowest BCUT2D eigenvalue weighted by molar-refractivity contribution is -0.167. The second-order valence-corrected chi connectivity index (χ2v) is 14.7. The summed E-state index contributed by atoms with van der Waals surface area (Å²) in [6.45, 7) is 8.86. The minimum atomic E-state index is -0.756. The molecule has 0 saturated heterocycles. The van der Waals surface area contributed by atoms with Gasteiger partial charge >= 0.3 is 17.9 Å². The van der Waals surface area contributed by atoms with E-state index < -0.39 is 6.10 Å². The van der Waals surface area contributed by atoms with Crippen LogP contribution in [0.5, 0.6) is 0 Å². The van der Waals surface area contributed by atoms with Crippen LogP contribution in [-0.2, 0) is 28.6 Å². The first kappa shape index (κ1) is 46.4. The van der Waals surface area contributed by atoms with E-state index in [4.69, 9.17) is 14.2 Å². The zero-order valence-electron chi connectivity index (χ0n) is 32.4. The van der Waals surface area contributed by atoms with Gasteiger partial charge < -0.3 is 14.2 Å². The Hall–Kier alpha value is -1.59. The van der Waals surface area contributed by atoms with Gasteiger partial charge in [0.1, 0.15) is 13.2 Å². The molecule has 0 radical (unpaired) electrons. The Morgan fingerprint density at radius 2 is 0.688 bits per heavy atom. The Bertz CT molecular complexity index is 721. The summed E-state index contributed by atoms with van der Waals surface area (Å²) in [7, 11) is 0. The molecule has 0 aliphatic heterocycles. The normalized spacial score (nSPS) is 11.9. The van der Waals surface area contributed by atoms with Gasteiger partial charge in [-0.1, -0.05) is 188 Å². The molecule has 0 unspecified atom stereocenters. The van der Waals surface area contributed by atoms with Crippen LogP contribution >= 0.6 is 0 Å². The molecule has 1 atom stereocenters. The highest BCUT2D eigenvalue weighted by molar-refractivity contribution is 5.71. The quantitative estimate of drug-likeness (QED) is 0.0369. The largest absolute Gasteiger partial charge is 0.462 e. The van der Waals surface area contributed by atoms with Crippen LogP contribution in [0.25, 0.3) is 0 Å². The SMILES string of the molecule is CCCCCCCCCCCCCCCCC(=O)OC[C@@H](COC(=O)CCCCCCCCCCC(C)C)OC(=O)CCCCCCC. The first-order valence-corrected chi connectivity index (χ1v) is 20.9. The Morgan fingerprint density at radius 1 is 0.396 bits per heavy atom. The van der Waals surface area contributed by atoms with Crippen molar-refractivity contribution in [2.24, 2.45) is 5.92 Å². The average molecular weight is 681 g/mol. The number of esters is 3. The maximum Gasteiger partial charge on any atom is 0.306 e. The van der Waals surface area contributed by atoms with Crippen LogP contribution in [0.2, 0.25) is 0 Å². The molecule has 0 rings (SSSR count). The van der Waals surface area contributed by atoms with Crippen molar-refractivity contribution in [3.63, 3.8) is 0 Å². The van der Waals surface area contributed by atoms with Gasteiger partial charge in [0.05, 0.1) is 0 Å². The number of carbonyl (C=O) groups excluding carboxylic acids is 3. The summed E-state index contributed by atoms with van der Waals surface area (Å²) in [6.07, 6.45) is 34.1. The van der Waals surface area contributed by atoms with Crippen LogP contribution in [0.4, 0.5) is 0 Å². The maximum absolute atomic E-state index is 12.5. The first-order chi connectivity index (χ1) is 23.4. The highest BCUT2D eigenvalue weighted by Crippen LogP contribution is 2.15. The minimum absolute atomic E-state index is 0.0660. The second-order valence-electron chi connectivity index (χ2n) is 14.7. The molecular formula is C42H80O6. The summed E-state index contributed by atoms with van der Waals surface area (Å²) < 4.78 is 16.5. The highest BCUT2D eigenvalue weighted by Gasteiger charge is 2.19.